The van der Waals surface area contributed by atoms with E-state index in [-0.39, 0.29) is 5.82 Å². The number of anilines is 1. The molecule has 1 aromatic rings. The maximum atomic E-state index is 12.2. The Balaban J connectivity index is 2.98. The lowest BCUT2D eigenvalue weighted by Crippen LogP contribution is -2.40. The summed E-state index contributed by atoms with van der Waals surface area (Å²) in [6, 6.07) is 4.39. The summed E-state index contributed by atoms with van der Waals surface area (Å²) >= 11 is 0. The summed E-state index contributed by atoms with van der Waals surface area (Å²) < 4.78 is 61.7. The molecule has 4 nitrogen and oxygen atoms in total. The lowest BCUT2D eigenvalue weighted by Gasteiger charge is -2.08. The Morgan fingerprint density at radius 2 is 2.00 bits per heavy atom. The van der Waals surface area contributed by atoms with Crippen LogP contribution in [0.25, 0.3) is 0 Å². The number of rotatable bonds is 5. The van der Waals surface area contributed by atoms with Crippen molar-refractivity contribution < 1.29 is 26.2 Å². The van der Waals surface area contributed by atoms with E-state index in [4.69, 9.17) is 0 Å². The number of nitrogens with zero attached hydrogens (tertiary/aromatic N) is 1. The summed E-state index contributed by atoms with van der Waals surface area (Å²) in [4.78, 5) is 0. The highest BCUT2D eigenvalue weighted by Gasteiger charge is 2.50. The van der Waals surface area contributed by atoms with Crippen molar-refractivity contribution in [1.29, 1.82) is 0 Å². The summed E-state index contributed by atoms with van der Waals surface area (Å²) in [6.07, 6.45) is 3.13. The summed E-state index contributed by atoms with van der Waals surface area (Å²) in [6.45, 7) is 2.39. The molecule has 0 radical (unpaired) electrons. The molecule has 8 heteroatoms. The lowest BCUT2D eigenvalue weighted by molar-refractivity contribution is -0.683. The number of hydrogen-bond acceptors (Lipinski definition) is 2. The highest BCUT2D eigenvalue weighted by atomic mass is 32.2. The van der Waals surface area contributed by atoms with E-state index >= 15 is 0 Å². The summed E-state index contributed by atoms with van der Waals surface area (Å²) in [5.74, 6) is -0.0942. The number of unbranched alkanes of at least 4 members (excludes halogenated alkanes) is 1. The second-order valence-corrected chi connectivity index (χ2v) is 5.36. The van der Waals surface area contributed by atoms with Crippen LogP contribution in [-0.4, -0.2) is 13.9 Å². The Bertz CT molecular complexity index is 500. The summed E-state index contributed by atoms with van der Waals surface area (Å²) in [5.41, 5.74) is -5.31. The first-order valence-electron chi connectivity index (χ1n) is 5.35. The molecule has 102 valence electrons. The van der Waals surface area contributed by atoms with Crippen LogP contribution in [0, 0.1) is 0 Å². The van der Waals surface area contributed by atoms with E-state index in [1.54, 1.807) is 10.8 Å². The minimum Gasteiger partial charge on any atom is -0.234 e. The molecule has 18 heavy (non-hydrogen) atoms. The maximum Gasteiger partial charge on any atom is 0.536 e. The number of nitrogens with one attached hydrogen (secondary N) is 1. The summed E-state index contributed by atoms with van der Waals surface area (Å²) in [5, 5.41) is 0. The van der Waals surface area contributed by atoms with Gasteiger partial charge in [-0.05, 0) is 12.5 Å². The molecular weight excluding hydrogens is 269 g/mol. The quantitative estimate of drug-likeness (QED) is 0.841. The van der Waals surface area contributed by atoms with Gasteiger partial charge in [0.15, 0.2) is 0 Å². The van der Waals surface area contributed by atoms with Gasteiger partial charge in [-0.25, -0.2) is 4.57 Å². The second kappa shape index (κ2) is 5.55. The van der Waals surface area contributed by atoms with Gasteiger partial charge in [0.1, 0.15) is 0 Å². The SMILES string of the molecule is CCCC[n+]1ccccc1NS(=O)(=O)C(F)(F)F. The first-order chi connectivity index (χ1) is 8.28. The number of pyridine rings is 1. The third-order valence-corrected chi connectivity index (χ3v) is 3.32. The Hall–Kier alpha value is -1.31. The van der Waals surface area contributed by atoms with Gasteiger partial charge in [0.2, 0.25) is 0 Å². The van der Waals surface area contributed by atoms with Crippen molar-refractivity contribution in [3.8, 4) is 0 Å². The third kappa shape index (κ3) is 3.59. The third-order valence-electron chi connectivity index (χ3n) is 2.24. The first kappa shape index (κ1) is 14.7. The molecule has 0 amide bonds. The van der Waals surface area contributed by atoms with Crippen molar-refractivity contribution in [3.63, 3.8) is 0 Å². The molecule has 0 spiro atoms. The standard InChI is InChI=1S/C10H13F3N2O2S/c1-2-3-7-15-8-5-4-6-9(15)14-18(16,17)10(11,12)13/h4-6,8H,2-3,7H2,1H3/p+1. The fourth-order valence-corrected chi connectivity index (χ4v) is 1.86. The Morgan fingerprint density at radius 3 is 2.56 bits per heavy atom. The van der Waals surface area contributed by atoms with Crippen LogP contribution in [0.15, 0.2) is 24.4 Å². The highest BCUT2D eigenvalue weighted by Crippen LogP contribution is 2.24. The molecule has 0 unspecified atom stereocenters. The van der Waals surface area contributed by atoms with E-state index in [2.05, 4.69) is 0 Å². The normalized spacial score (nSPS) is 12.4. The highest BCUT2D eigenvalue weighted by molar-refractivity contribution is 7.93. The van der Waals surface area contributed by atoms with Crippen LogP contribution in [0.3, 0.4) is 0 Å². The fourth-order valence-electron chi connectivity index (χ4n) is 1.29. The van der Waals surface area contributed by atoms with E-state index < -0.39 is 15.5 Å². The Kier molecular flexibility index (Phi) is 4.55. The Morgan fingerprint density at radius 1 is 1.33 bits per heavy atom. The zero-order valence-corrected chi connectivity index (χ0v) is 10.6. The second-order valence-electron chi connectivity index (χ2n) is 3.68. The van der Waals surface area contributed by atoms with Crippen molar-refractivity contribution in [3.05, 3.63) is 24.4 Å². The molecular formula is C10H14F3N2O2S+. The molecule has 1 aromatic heterocycles. The van der Waals surface area contributed by atoms with E-state index in [0.29, 0.717) is 6.54 Å². The topological polar surface area (TPSA) is 50.1 Å². The summed E-state index contributed by atoms with van der Waals surface area (Å²) in [7, 11) is -5.37. The van der Waals surface area contributed by atoms with Gasteiger partial charge in [-0.3, -0.25) is 0 Å². The van der Waals surface area contributed by atoms with Crippen LogP contribution in [0.1, 0.15) is 19.8 Å². The van der Waals surface area contributed by atoms with Crippen molar-refractivity contribution >= 4 is 15.8 Å². The molecule has 1 heterocycles. The fraction of sp³-hybridized carbons (Fsp3) is 0.500. The van der Waals surface area contributed by atoms with Crippen molar-refractivity contribution in [1.82, 2.24) is 0 Å². The van der Waals surface area contributed by atoms with Gasteiger partial charge in [0, 0.05) is 6.07 Å². The van der Waals surface area contributed by atoms with E-state index in [0.717, 1.165) is 12.8 Å². The van der Waals surface area contributed by atoms with Gasteiger partial charge in [0.05, 0.1) is 12.7 Å². The molecule has 1 N–H and O–H groups in total. The van der Waals surface area contributed by atoms with Crippen LogP contribution >= 0.6 is 0 Å². The van der Waals surface area contributed by atoms with Crippen LogP contribution in [0.4, 0.5) is 19.0 Å². The molecule has 0 aliphatic carbocycles. The van der Waals surface area contributed by atoms with Gasteiger partial charge in [-0.15, -0.1) is 0 Å². The average Bonchev–Trinajstić information content (AvgIpc) is 2.26. The zero-order chi connectivity index (χ0) is 13.8. The molecule has 0 aliphatic heterocycles. The van der Waals surface area contributed by atoms with Gasteiger partial charge in [0.25, 0.3) is 5.82 Å². The molecule has 0 atom stereocenters. The monoisotopic (exact) mass is 283 g/mol. The first-order valence-corrected chi connectivity index (χ1v) is 6.84. The van der Waals surface area contributed by atoms with E-state index in [1.807, 2.05) is 6.92 Å². The molecule has 1 rings (SSSR count). The molecule has 0 aromatic carbocycles. The van der Waals surface area contributed by atoms with E-state index in [1.165, 1.54) is 22.9 Å². The van der Waals surface area contributed by atoms with Gasteiger partial charge in [-0.2, -0.15) is 26.3 Å². The number of sulfonamides is 1. The number of halogens is 3. The molecule has 0 bridgehead atoms. The predicted molar refractivity (Wildman–Crippen MR) is 60.1 cm³/mol. The molecule has 0 saturated carbocycles. The zero-order valence-electron chi connectivity index (χ0n) is 9.74. The largest absolute Gasteiger partial charge is 0.536 e. The number of hydrogen-bond donors (Lipinski definition) is 1. The van der Waals surface area contributed by atoms with Crippen molar-refractivity contribution in [2.45, 2.75) is 31.8 Å². The minimum atomic E-state index is -5.37. The smallest absolute Gasteiger partial charge is 0.234 e. The van der Waals surface area contributed by atoms with Gasteiger partial charge >= 0.3 is 15.5 Å². The van der Waals surface area contributed by atoms with Crippen LogP contribution in [0.2, 0.25) is 0 Å². The van der Waals surface area contributed by atoms with Gasteiger partial charge in [-0.1, -0.05) is 19.4 Å². The van der Waals surface area contributed by atoms with Crippen LogP contribution in [0.5, 0.6) is 0 Å². The minimum absolute atomic E-state index is 0.0942. The van der Waals surface area contributed by atoms with Gasteiger partial charge < -0.3 is 0 Å². The Labute approximate surface area is 103 Å². The number of alkyl halides is 3. The van der Waals surface area contributed by atoms with Crippen molar-refractivity contribution in [2.24, 2.45) is 0 Å². The van der Waals surface area contributed by atoms with Crippen LogP contribution < -0.4 is 9.29 Å². The number of aryl methyl sites for hydroxylation is 1. The number of aromatic nitrogens is 1. The maximum absolute atomic E-state index is 12.2. The average molecular weight is 283 g/mol. The molecule has 0 saturated heterocycles. The van der Waals surface area contributed by atoms with Crippen LogP contribution in [-0.2, 0) is 16.6 Å². The van der Waals surface area contributed by atoms with Crippen molar-refractivity contribution in [2.75, 3.05) is 4.72 Å². The lowest BCUT2D eigenvalue weighted by atomic mass is 10.3. The predicted octanol–water partition coefficient (Wildman–Crippen LogP) is 2.04. The van der Waals surface area contributed by atoms with E-state index in [9.17, 15) is 21.6 Å². The molecule has 0 fully saturated rings. The molecule has 0 aliphatic rings.